The molecule has 8 heteroatoms. The lowest BCUT2D eigenvalue weighted by atomic mass is 10.1. The first-order chi connectivity index (χ1) is 15.0. The van der Waals surface area contributed by atoms with E-state index in [4.69, 9.17) is 0 Å². The first-order valence-electron chi connectivity index (χ1n) is 10.1. The van der Waals surface area contributed by atoms with Crippen LogP contribution in [0.25, 0.3) is 22.0 Å². The Balaban J connectivity index is 1.62. The first kappa shape index (κ1) is 19.7. The van der Waals surface area contributed by atoms with Crippen molar-refractivity contribution in [1.29, 1.82) is 0 Å². The number of fused-ring (bicyclic) bond motifs is 1. The highest BCUT2D eigenvalue weighted by atomic mass is 32.2. The number of nitrogens with zero attached hydrogens (tertiary/aromatic N) is 3. The van der Waals surface area contributed by atoms with Crippen LogP contribution in [0.15, 0.2) is 78.0 Å². The number of piperazine rings is 1. The highest BCUT2D eigenvalue weighted by Gasteiger charge is 2.22. The van der Waals surface area contributed by atoms with Gasteiger partial charge < -0.3 is 10.2 Å². The minimum Gasteiger partial charge on any atom is -0.354 e. The highest BCUT2D eigenvalue weighted by Crippen LogP contribution is 2.33. The van der Waals surface area contributed by atoms with E-state index in [-0.39, 0.29) is 4.90 Å². The molecule has 2 aromatic heterocycles. The molecule has 31 heavy (non-hydrogen) atoms. The summed E-state index contributed by atoms with van der Waals surface area (Å²) in [7, 11) is -3.88. The normalized spacial score (nSPS) is 14.8. The van der Waals surface area contributed by atoms with E-state index in [1.807, 2.05) is 12.1 Å². The molecule has 158 valence electrons. The van der Waals surface area contributed by atoms with Gasteiger partial charge >= 0.3 is 0 Å². The second-order valence-electron chi connectivity index (χ2n) is 7.46. The molecule has 1 fully saturated rings. The summed E-state index contributed by atoms with van der Waals surface area (Å²) < 4.78 is 41.8. The van der Waals surface area contributed by atoms with Crippen molar-refractivity contribution in [2.45, 2.75) is 4.90 Å². The van der Waals surface area contributed by atoms with E-state index in [1.165, 1.54) is 24.3 Å². The van der Waals surface area contributed by atoms with Crippen LogP contribution >= 0.6 is 0 Å². The summed E-state index contributed by atoms with van der Waals surface area (Å²) >= 11 is 0. The van der Waals surface area contributed by atoms with E-state index in [0.717, 1.165) is 41.5 Å². The van der Waals surface area contributed by atoms with Gasteiger partial charge in [0.05, 0.1) is 10.4 Å². The van der Waals surface area contributed by atoms with Gasteiger partial charge in [0.2, 0.25) is 0 Å². The first-order valence-corrected chi connectivity index (χ1v) is 11.5. The van der Waals surface area contributed by atoms with Gasteiger partial charge in [0, 0.05) is 55.1 Å². The van der Waals surface area contributed by atoms with Gasteiger partial charge in [-0.3, -0.25) is 0 Å². The van der Waals surface area contributed by atoms with Crippen molar-refractivity contribution in [2.24, 2.45) is 0 Å². The summed E-state index contributed by atoms with van der Waals surface area (Å²) in [5.41, 5.74) is 1.76. The minimum atomic E-state index is -3.88. The van der Waals surface area contributed by atoms with E-state index in [9.17, 15) is 12.8 Å². The molecule has 0 radical (unpaired) electrons. The molecule has 0 unspecified atom stereocenters. The van der Waals surface area contributed by atoms with Crippen molar-refractivity contribution in [3.05, 3.63) is 78.9 Å². The van der Waals surface area contributed by atoms with Gasteiger partial charge in [0.15, 0.2) is 0 Å². The van der Waals surface area contributed by atoms with E-state index in [1.54, 1.807) is 36.7 Å². The van der Waals surface area contributed by atoms with Crippen LogP contribution < -0.4 is 10.2 Å². The predicted octanol–water partition coefficient (Wildman–Crippen LogP) is 3.49. The fourth-order valence-corrected chi connectivity index (χ4v) is 5.31. The van der Waals surface area contributed by atoms with Crippen LogP contribution in [0.5, 0.6) is 0 Å². The molecular formula is C23H21FN4O2S. The van der Waals surface area contributed by atoms with Crippen molar-refractivity contribution in [2.75, 3.05) is 31.1 Å². The predicted molar refractivity (Wildman–Crippen MR) is 119 cm³/mol. The number of anilines is 1. The Morgan fingerprint density at radius 3 is 2.45 bits per heavy atom. The Bertz CT molecular complexity index is 1330. The Morgan fingerprint density at radius 2 is 1.74 bits per heavy atom. The number of benzene rings is 2. The van der Waals surface area contributed by atoms with Crippen LogP contribution in [0.4, 0.5) is 10.2 Å². The summed E-state index contributed by atoms with van der Waals surface area (Å²) in [5, 5.41) is 3.97. The maximum absolute atomic E-state index is 14.0. The summed E-state index contributed by atoms with van der Waals surface area (Å²) in [6.07, 6.45) is 3.29. The van der Waals surface area contributed by atoms with Gasteiger partial charge in [-0.05, 0) is 42.5 Å². The average molecular weight is 437 g/mol. The Hall–Kier alpha value is -3.23. The van der Waals surface area contributed by atoms with Crippen LogP contribution in [0.2, 0.25) is 0 Å². The van der Waals surface area contributed by atoms with Crippen LogP contribution in [0.1, 0.15) is 0 Å². The summed E-state index contributed by atoms with van der Waals surface area (Å²) in [5.74, 6) is 0.394. The number of rotatable bonds is 4. The number of aromatic nitrogens is 2. The molecule has 0 amide bonds. The maximum Gasteiger partial charge on any atom is 0.268 e. The largest absolute Gasteiger partial charge is 0.354 e. The lowest BCUT2D eigenvalue weighted by molar-refractivity contribution is 0.585. The number of hydrogen-bond acceptors (Lipinski definition) is 5. The topological polar surface area (TPSA) is 67.2 Å². The second kappa shape index (κ2) is 7.79. The van der Waals surface area contributed by atoms with Crippen molar-refractivity contribution in [1.82, 2.24) is 14.3 Å². The molecule has 2 aromatic carbocycles. The summed E-state index contributed by atoms with van der Waals surface area (Å²) in [6.45, 7) is 3.61. The van der Waals surface area contributed by atoms with E-state index < -0.39 is 15.8 Å². The molecule has 0 saturated carbocycles. The number of hydrogen-bond donors (Lipinski definition) is 1. The zero-order valence-electron chi connectivity index (χ0n) is 16.7. The third-order valence-electron chi connectivity index (χ3n) is 5.53. The van der Waals surface area contributed by atoms with Gasteiger partial charge in [-0.15, -0.1) is 0 Å². The van der Waals surface area contributed by atoms with E-state index in [0.29, 0.717) is 16.5 Å². The molecule has 1 aliphatic heterocycles. The standard InChI is InChI=1S/C23H21FN4O2S/c24-18-7-8-20-21(17-6-9-23(26-15-17)27-12-10-25-11-13-27)16-28(22(20)14-18)31(29,30)19-4-2-1-3-5-19/h1-9,14-16,25H,10-13H2. The zero-order chi connectivity index (χ0) is 21.4. The molecule has 4 aromatic rings. The summed E-state index contributed by atoms with van der Waals surface area (Å²) in [4.78, 5) is 6.95. The van der Waals surface area contributed by atoms with Crippen LogP contribution in [-0.2, 0) is 10.0 Å². The van der Waals surface area contributed by atoms with Crippen molar-refractivity contribution >= 4 is 26.7 Å². The minimum absolute atomic E-state index is 0.148. The third-order valence-corrected chi connectivity index (χ3v) is 7.22. The SMILES string of the molecule is O=S(=O)(c1ccccc1)n1cc(-c2ccc(N3CCNCC3)nc2)c2ccc(F)cc21. The van der Waals surface area contributed by atoms with Gasteiger partial charge in [-0.25, -0.2) is 21.8 Å². The third kappa shape index (κ3) is 3.58. The molecule has 5 rings (SSSR count). The number of nitrogens with one attached hydrogen (secondary N) is 1. The lowest BCUT2D eigenvalue weighted by Crippen LogP contribution is -2.43. The Morgan fingerprint density at radius 1 is 0.968 bits per heavy atom. The van der Waals surface area contributed by atoms with Crippen molar-refractivity contribution in [3.8, 4) is 11.1 Å². The smallest absolute Gasteiger partial charge is 0.268 e. The highest BCUT2D eigenvalue weighted by molar-refractivity contribution is 7.90. The van der Waals surface area contributed by atoms with Gasteiger partial charge in [0.1, 0.15) is 11.6 Å². The Labute approximate surface area is 180 Å². The van der Waals surface area contributed by atoms with Crippen LogP contribution in [0.3, 0.4) is 0 Å². The van der Waals surface area contributed by atoms with Crippen LogP contribution in [0, 0.1) is 5.82 Å². The van der Waals surface area contributed by atoms with Crippen LogP contribution in [-0.4, -0.2) is 43.6 Å². The monoisotopic (exact) mass is 436 g/mol. The molecule has 6 nitrogen and oxygen atoms in total. The fraction of sp³-hybridized carbons (Fsp3) is 0.174. The van der Waals surface area contributed by atoms with Gasteiger partial charge in [-0.2, -0.15) is 0 Å². The van der Waals surface area contributed by atoms with Crippen molar-refractivity contribution in [3.63, 3.8) is 0 Å². The van der Waals surface area contributed by atoms with E-state index >= 15 is 0 Å². The molecule has 0 aliphatic carbocycles. The van der Waals surface area contributed by atoms with E-state index in [2.05, 4.69) is 15.2 Å². The molecule has 0 spiro atoms. The maximum atomic E-state index is 14.0. The van der Waals surface area contributed by atoms with Crippen molar-refractivity contribution < 1.29 is 12.8 Å². The van der Waals surface area contributed by atoms with Gasteiger partial charge in [-0.1, -0.05) is 18.2 Å². The molecule has 1 saturated heterocycles. The number of halogens is 1. The molecule has 0 bridgehead atoms. The zero-order valence-corrected chi connectivity index (χ0v) is 17.5. The molecule has 1 aliphatic rings. The molecular weight excluding hydrogens is 415 g/mol. The summed E-state index contributed by atoms with van der Waals surface area (Å²) in [6, 6.07) is 16.2. The molecule has 3 heterocycles. The quantitative estimate of drug-likeness (QED) is 0.531. The lowest BCUT2D eigenvalue weighted by Gasteiger charge is -2.28. The Kier molecular flexibility index (Phi) is 4.95. The average Bonchev–Trinajstić information content (AvgIpc) is 3.20. The molecule has 1 N–H and O–H groups in total. The second-order valence-corrected chi connectivity index (χ2v) is 9.28. The fourth-order valence-electron chi connectivity index (χ4n) is 3.93. The molecule has 0 atom stereocenters. The number of pyridine rings is 1. The van der Waals surface area contributed by atoms with Gasteiger partial charge in [0.25, 0.3) is 10.0 Å².